The number of carbonyl (C=O) groups excluding carboxylic acids is 1. The Labute approximate surface area is 88.8 Å². The van der Waals surface area contributed by atoms with Crippen LogP contribution in [0.2, 0.25) is 0 Å². The van der Waals surface area contributed by atoms with E-state index in [0.717, 1.165) is 5.57 Å². The van der Waals surface area contributed by atoms with Gasteiger partial charge in [-0.2, -0.15) is 0 Å². The molecular formula is C10H17NO4. The summed E-state index contributed by atoms with van der Waals surface area (Å²) in [6, 6.07) is 0. The van der Waals surface area contributed by atoms with Crippen molar-refractivity contribution in [3.63, 3.8) is 0 Å². The molecule has 0 saturated heterocycles. The van der Waals surface area contributed by atoms with Crippen LogP contribution in [0.4, 0.5) is 0 Å². The van der Waals surface area contributed by atoms with Gasteiger partial charge in [-0.3, -0.25) is 0 Å². The summed E-state index contributed by atoms with van der Waals surface area (Å²) < 4.78 is 0. The monoisotopic (exact) mass is 215 g/mol. The lowest BCUT2D eigenvalue weighted by Crippen LogP contribution is -2.86. The van der Waals surface area contributed by atoms with Gasteiger partial charge in [0, 0.05) is 6.42 Å². The molecule has 86 valence electrons. The predicted octanol–water partition coefficient (Wildman–Crippen LogP) is -1.50. The molecule has 0 heterocycles. The molecule has 0 aromatic carbocycles. The Bertz CT molecular complexity index is 271. The van der Waals surface area contributed by atoms with Gasteiger partial charge in [-0.15, -0.1) is 0 Å². The summed E-state index contributed by atoms with van der Waals surface area (Å²) in [4.78, 5) is 20.8. The van der Waals surface area contributed by atoms with E-state index in [1.807, 2.05) is 0 Å². The van der Waals surface area contributed by atoms with Gasteiger partial charge in [-0.1, -0.05) is 12.5 Å². The molecule has 0 bridgehead atoms. The molecule has 0 amide bonds. The van der Waals surface area contributed by atoms with Gasteiger partial charge in [0.1, 0.15) is 0 Å². The van der Waals surface area contributed by atoms with Gasteiger partial charge >= 0.3 is 5.97 Å². The van der Waals surface area contributed by atoms with Gasteiger partial charge in [0.05, 0.1) is 12.5 Å². The maximum absolute atomic E-state index is 10.6. The number of carbonyl (C=O) groups is 2. The minimum atomic E-state index is -1.13. The van der Waals surface area contributed by atoms with Crippen LogP contribution < -0.4 is 10.4 Å². The molecule has 5 heteroatoms. The number of hydrogen-bond donors (Lipinski definition) is 2. The fourth-order valence-corrected chi connectivity index (χ4v) is 1.32. The van der Waals surface area contributed by atoms with E-state index < -0.39 is 11.9 Å². The summed E-state index contributed by atoms with van der Waals surface area (Å²) in [6.45, 7) is 4.09. The van der Waals surface area contributed by atoms with E-state index in [4.69, 9.17) is 5.11 Å². The van der Waals surface area contributed by atoms with Gasteiger partial charge in [0.25, 0.3) is 0 Å². The van der Waals surface area contributed by atoms with Gasteiger partial charge in [0.2, 0.25) is 0 Å². The second-order valence-electron chi connectivity index (χ2n) is 3.33. The quantitative estimate of drug-likeness (QED) is 0.399. The van der Waals surface area contributed by atoms with Crippen LogP contribution >= 0.6 is 0 Å². The van der Waals surface area contributed by atoms with Crippen LogP contribution in [-0.4, -0.2) is 30.1 Å². The molecule has 0 unspecified atom stereocenters. The van der Waals surface area contributed by atoms with E-state index in [2.05, 4.69) is 0 Å². The average Bonchev–Trinajstić information content (AvgIpc) is 2.12. The molecule has 0 radical (unpaired) electrons. The molecule has 0 fully saturated rings. The summed E-state index contributed by atoms with van der Waals surface area (Å²) in [6.07, 6.45) is 1.01. The second kappa shape index (κ2) is 7.00. The van der Waals surface area contributed by atoms with Crippen molar-refractivity contribution in [2.45, 2.75) is 26.7 Å². The van der Waals surface area contributed by atoms with Crippen LogP contribution in [0.5, 0.6) is 0 Å². The van der Waals surface area contributed by atoms with Crippen molar-refractivity contribution in [3.05, 3.63) is 11.1 Å². The highest BCUT2D eigenvalue weighted by Gasteiger charge is 2.04. The first-order valence-electron chi connectivity index (χ1n) is 4.92. The zero-order valence-electron chi connectivity index (χ0n) is 9.08. The molecule has 0 aromatic heterocycles. The van der Waals surface area contributed by atoms with Crippen molar-refractivity contribution in [2.75, 3.05) is 13.1 Å². The third-order valence-electron chi connectivity index (χ3n) is 2.16. The Kier molecular flexibility index (Phi) is 6.37. The van der Waals surface area contributed by atoms with E-state index >= 15 is 0 Å². The van der Waals surface area contributed by atoms with Gasteiger partial charge in [-0.05, 0) is 18.9 Å². The fourth-order valence-electron chi connectivity index (χ4n) is 1.32. The van der Waals surface area contributed by atoms with E-state index in [-0.39, 0.29) is 6.54 Å². The van der Waals surface area contributed by atoms with Crippen molar-refractivity contribution >= 4 is 11.9 Å². The topological polar surface area (TPSA) is 94.0 Å². The second-order valence-corrected chi connectivity index (χ2v) is 3.33. The SMILES string of the molecule is CCC(C(=O)[O-])=C(C)CC[NH2+]CC(=O)O. The van der Waals surface area contributed by atoms with Crippen LogP contribution in [0, 0.1) is 0 Å². The van der Waals surface area contributed by atoms with Crippen molar-refractivity contribution < 1.29 is 25.1 Å². The van der Waals surface area contributed by atoms with E-state index in [0.29, 0.717) is 25.0 Å². The van der Waals surface area contributed by atoms with Gasteiger partial charge in [-0.25, -0.2) is 4.79 Å². The lowest BCUT2D eigenvalue weighted by molar-refractivity contribution is -0.644. The van der Waals surface area contributed by atoms with Crippen molar-refractivity contribution in [1.29, 1.82) is 0 Å². The summed E-state index contributed by atoms with van der Waals surface area (Å²) in [7, 11) is 0. The molecule has 0 aromatic rings. The molecule has 0 aliphatic carbocycles. The standard InChI is InChI=1S/C10H17NO4/c1-3-8(10(14)15)7(2)4-5-11-6-9(12)13/h11H,3-6H2,1-2H3,(H,12,13)(H,14,15). The molecule has 0 rings (SSSR count). The third kappa shape index (κ3) is 5.85. The first kappa shape index (κ1) is 13.6. The Balaban J connectivity index is 4.04. The Hall–Kier alpha value is -1.36. The number of quaternary nitrogens is 1. The maximum atomic E-state index is 10.6. The highest BCUT2D eigenvalue weighted by atomic mass is 16.4. The third-order valence-corrected chi connectivity index (χ3v) is 2.16. The Morgan fingerprint density at radius 2 is 2.00 bits per heavy atom. The van der Waals surface area contributed by atoms with E-state index in [1.165, 1.54) is 0 Å². The van der Waals surface area contributed by atoms with Crippen molar-refractivity contribution in [3.8, 4) is 0 Å². The fraction of sp³-hybridized carbons (Fsp3) is 0.600. The summed E-state index contributed by atoms with van der Waals surface area (Å²) in [5.74, 6) is -2.00. The molecule has 0 atom stereocenters. The van der Waals surface area contributed by atoms with E-state index in [1.54, 1.807) is 19.2 Å². The summed E-state index contributed by atoms with van der Waals surface area (Å²) in [5.41, 5.74) is 1.08. The van der Waals surface area contributed by atoms with Crippen molar-refractivity contribution in [1.82, 2.24) is 0 Å². The predicted molar refractivity (Wildman–Crippen MR) is 51.9 cm³/mol. The molecule has 0 saturated carbocycles. The minimum Gasteiger partial charge on any atom is -0.545 e. The number of nitrogens with two attached hydrogens (primary N) is 1. The number of carboxylic acids is 2. The number of carboxylic acid groups (broad SMARTS) is 2. The number of hydrogen-bond acceptors (Lipinski definition) is 3. The van der Waals surface area contributed by atoms with Crippen LogP contribution in [0.25, 0.3) is 0 Å². The lowest BCUT2D eigenvalue weighted by Gasteiger charge is -2.10. The molecule has 0 aliphatic heterocycles. The average molecular weight is 215 g/mol. The van der Waals surface area contributed by atoms with Crippen molar-refractivity contribution in [2.24, 2.45) is 0 Å². The molecule has 5 nitrogen and oxygen atoms in total. The minimum absolute atomic E-state index is 0.0139. The molecule has 0 aliphatic rings. The largest absolute Gasteiger partial charge is 0.545 e. The Morgan fingerprint density at radius 3 is 2.40 bits per heavy atom. The summed E-state index contributed by atoms with van der Waals surface area (Å²) >= 11 is 0. The van der Waals surface area contributed by atoms with Crippen LogP contribution in [-0.2, 0) is 9.59 Å². The number of aliphatic carboxylic acids is 2. The maximum Gasteiger partial charge on any atom is 0.359 e. The van der Waals surface area contributed by atoms with Crippen LogP contribution in [0.1, 0.15) is 26.7 Å². The zero-order chi connectivity index (χ0) is 11.8. The zero-order valence-corrected chi connectivity index (χ0v) is 9.08. The van der Waals surface area contributed by atoms with Gasteiger partial charge < -0.3 is 20.3 Å². The Morgan fingerprint density at radius 1 is 1.40 bits per heavy atom. The number of rotatable bonds is 7. The highest BCUT2D eigenvalue weighted by molar-refractivity contribution is 5.85. The molecule has 15 heavy (non-hydrogen) atoms. The lowest BCUT2D eigenvalue weighted by atomic mass is 10.0. The first-order chi connectivity index (χ1) is 6.99. The van der Waals surface area contributed by atoms with E-state index in [9.17, 15) is 14.7 Å². The van der Waals surface area contributed by atoms with Gasteiger partial charge in [0.15, 0.2) is 6.54 Å². The first-order valence-corrected chi connectivity index (χ1v) is 4.92. The normalized spacial score (nSPS) is 12.1. The summed E-state index contributed by atoms with van der Waals surface area (Å²) in [5, 5.41) is 20.6. The molecular weight excluding hydrogens is 198 g/mol. The van der Waals surface area contributed by atoms with Crippen LogP contribution in [0.15, 0.2) is 11.1 Å². The highest BCUT2D eigenvalue weighted by Crippen LogP contribution is 2.09. The van der Waals surface area contributed by atoms with Crippen LogP contribution in [0.3, 0.4) is 0 Å². The molecule has 3 N–H and O–H groups in total. The molecule has 0 spiro atoms. The smallest absolute Gasteiger partial charge is 0.359 e.